The molecule has 1 atom stereocenters. The average Bonchev–Trinajstić information content (AvgIpc) is 2.16. The SMILES string of the molecule is C=COCCCNC1CSCC(C)(C)C1. The first-order valence-corrected chi connectivity index (χ1v) is 6.83. The molecule has 1 aliphatic rings. The fourth-order valence-corrected chi connectivity index (χ4v) is 3.25. The third kappa shape index (κ3) is 5.47. The highest BCUT2D eigenvalue weighted by molar-refractivity contribution is 7.99. The van der Waals surface area contributed by atoms with Crippen molar-refractivity contribution >= 4 is 11.8 Å². The van der Waals surface area contributed by atoms with Crippen LogP contribution in [0.4, 0.5) is 0 Å². The first kappa shape index (κ1) is 12.9. The van der Waals surface area contributed by atoms with E-state index in [2.05, 4.69) is 37.5 Å². The Morgan fingerprint density at radius 3 is 3.07 bits per heavy atom. The van der Waals surface area contributed by atoms with Crippen molar-refractivity contribution in [1.29, 1.82) is 0 Å². The molecule has 0 bridgehead atoms. The van der Waals surface area contributed by atoms with Crippen molar-refractivity contribution < 1.29 is 4.74 Å². The van der Waals surface area contributed by atoms with Crippen LogP contribution in [-0.4, -0.2) is 30.7 Å². The van der Waals surface area contributed by atoms with Crippen LogP contribution in [0.25, 0.3) is 0 Å². The van der Waals surface area contributed by atoms with E-state index in [1.165, 1.54) is 24.2 Å². The first-order valence-electron chi connectivity index (χ1n) is 5.68. The van der Waals surface area contributed by atoms with Gasteiger partial charge in [-0.05, 0) is 30.6 Å². The summed E-state index contributed by atoms with van der Waals surface area (Å²) in [5.74, 6) is 2.55. The molecule has 0 spiro atoms. The highest BCUT2D eigenvalue weighted by Crippen LogP contribution is 2.33. The van der Waals surface area contributed by atoms with Gasteiger partial charge >= 0.3 is 0 Å². The van der Waals surface area contributed by atoms with E-state index < -0.39 is 0 Å². The molecule has 1 fully saturated rings. The van der Waals surface area contributed by atoms with Crippen molar-refractivity contribution in [3.05, 3.63) is 12.8 Å². The average molecular weight is 229 g/mol. The van der Waals surface area contributed by atoms with Crippen molar-refractivity contribution in [2.45, 2.75) is 32.7 Å². The third-order valence-electron chi connectivity index (χ3n) is 2.60. The van der Waals surface area contributed by atoms with Gasteiger partial charge in [0.1, 0.15) is 0 Å². The van der Waals surface area contributed by atoms with Gasteiger partial charge in [-0.2, -0.15) is 11.8 Å². The van der Waals surface area contributed by atoms with E-state index in [-0.39, 0.29) is 0 Å². The number of thioether (sulfide) groups is 1. The zero-order valence-electron chi connectivity index (χ0n) is 9.92. The molecule has 0 aromatic heterocycles. The zero-order chi connectivity index (χ0) is 11.1. The van der Waals surface area contributed by atoms with Gasteiger partial charge in [0.25, 0.3) is 0 Å². The Morgan fingerprint density at radius 2 is 2.40 bits per heavy atom. The molecule has 2 nitrogen and oxygen atoms in total. The molecular formula is C12H23NOS. The molecule has 1 unspecified atom stereocenters. The van der Waals surface area contributed by atoms with Gasteiger partial charge in [0.05, 0.1) is 12.9 Å². The quantitative estimate of drug-likeness (QED) is 0.559. The van der Waals surface area contributed by atoms with E-state index in [0.29, 0.717) is 11.5 Å². The third-order valence-corrected chi connectivity index (χ3v) is 4.22. The Labute approximate surface area is 97.8 Å². The van der Waals surface area contributed by atoms with Crippen LogP contribution < -0.4 is 5.32 Å². The summed E-state index contributed by atoms with van der Waals surface area (Å²) in [4.78, 5) is 0. The summed E-state index contributed by atoms with van der Waals surface area (Å²) in [5.41, 5.74) is 0.498. The molecule has 0 amide bonds. The minimum Gasteiger partial charge on any atom is -0.502 e. The maximum atomic E-state index is 5.08. The second-order valence-corrected chi connectivity index (χ2v) is 5.96. The summed E-state index contributed by atoms with van der Waals surface area (Å²) in [5, 5.41) is 3.60. The van der Waals surface area contributed by atoms with E-state index >= 15 is 0 Å². The van der Waals surface area contributed by atoms with Crippen molar-refractivity contribution in [3.63, 3.8) is 0 Å². The summed E-state index contributed by atoms with van der Waals surface area (Å²) in [6, 6.07) is 0.683. The second kappa shape index (κ2) is 6.44. The Balaban J connectivity index is 2.08. The van der Waals surface area contributed by atoms with E-state index in [1.807, 2.05) is 0 Å². The molecule has 0 aliphatic carbocycles. The molecular weight excluding hydrogens is 206 g/mol. The molecule has 1 saturated heterocycles. The molecule has 15 heavy (non-hydrogen) atoms. The maximum absolute atomic E-state index is 5.08. The van der Waals surface area contributed by atoms with Crippen LogP contribution in [0.5, 0.6) is 0 Å². The lowest BCUT2D eigenvalue weighted by Crippen LogP contribution is -2.40. The predicted molar refractivity (Wildman–Crippen MR) is 68.3 cm³/mol. The first-order chi connectivity index (χ1) is 7.14. The largest absolute Gasteiger partial charge is 0.502 e. The van der Waals surface area contributed by atoms with Crippen LogP contribution >= 0.6 is 11.8 Å². The van der Waals surface area contributed by atoms with Gasteiger partial charge in [0.15, 0.2) is 0 Å². The van der Waals surface area contributed by atoms with Crippen LogP contribution in [0.15, 0.2) is 12.8 Å². The molecule has 88 valence electrons. The van der Waals surface area contributed by atoms with E-state index in [1.54, 1.807) is 0 Å². The van der Waals surface area contributed by atoms with Gasteiger partial charge in [-0.25, -0.2) is 0 Å². The summed E-state index contributed by atoms with van der Waals surface area (Å²) in [7, 11) is 0. The normalized spacial score (nSPS) is 24.8. The molecule has 1 heterocycles. The molecule has 0 saturated carbocycles. The molecule has 1 rings (SSSR count). The Hall–Kier alpha value is -0.150. The van der Waals surface area contributed by atoms with Crippen molar-refractivity contribution in [3.8, 4) is 0 Å². The van der Waals surface area contributed by atoms with Crippen molar-refractivity contribution in [2.24, 2.45) is 5.41 Å². The minimum absolute atomic E-state index is 0.498. The fourth-order valence-electron chi connectivity index (χ4n) is 1.94. The standard InChI is InChI=1S/C12H23NOS/c1-4-14-7-5-6-13-11-8-12(2,3)10-15-9-11/h4,11,13H,1,5-10H2,2-3H3. The summed E-state index contributed by atoms with van der Waals surface area (Å²) >= 11 is 2.07. The van der Waals surface area contributed by atoms with E-state index in [9.17, 15) is 0 Å². The van der Waals surface area contributed by atoms with E-state index in [4.69, 9.17) is 4.74 Å². The number of hydrogen-bond acceptors (Lipinski definition) is 3. The Bertz CT molecular complexity index is 194. The maximum Gasteiger partial charge on any atom is 0.0885 e. The highest BCUT2D eigenvalue weighted by Gasteiger charge is 2.27. The summed E-state index contributed by atoms with van der Waals surface area (Å²) in [6.45, 7) is 10.1. The molecule has 1 aliphatic heterocycles. The van der Waals surface area contributed by atoms with Crippen LogP contribution in [-0.2, 0) is 4.74 Å². The summed E-state index contributed by atoms with van der Waals surface area (Å²) < 4.78 is 5.08. The lowest BCUT2D eigenvalue weighted by atomic mass is 9.88. The minimum atomic E-state index is 0.498. The van der Waals surface area contributed by atoms with Crippen LogP contribution in [0.2, 0.25) is 0 Å². The van der Waals surface area contributed by atoms with Crippen molar-refractivity contribution in [2.75, 3.05) is 24.7 Å². The van der Waals surface area contributed by atoms with Gasteiger partial charge in [-0.3, -0.25) is 0 Å². The van der Waals surface area contributed by atoms with Gasteiger partial charge in [-0.1, -0.05) is 20.4 Å². The topological polar surface area (TPSA) is 21.3 Å². The fraction of sp³-hybridized carbons (Fsp3) is 0.833. The van der Waals surface area contributed by atoms with Gasteiger partial charge < -0.3 is 10.1 Å². The van der Waals surface area contributed by atoms with Gasteiger partial charge in [0, 0.05) is 11.8 Å². The Kier molecular flexibility index (Phi) is 5.54. The monoisotopic (exact) mass is 229 g/mol. The number of ether oxygens (including phenoxy) is 1. The van der Waals surface area contributed by atoms with Crippen LogP contribution in [0, 0.1) is 5.41 Å². The predicted octanol–water partition coefficient (Wildman–Crippen LogP) is 2.66. The molecule has 0 aromatic carbocycles. The molecule has 3 heteroatoms. The zero-order valence-corrected chi connectivity index (χ0v) is 10.7. The summed E-state index contributed by atoms with van der Waals surface area (Å²) in [6.07, 6.45) is 3.87. The van der Waals surface area contributed by atoms with Crippen LogP contribution in [0.1, 0.15) is 26.7 Å². The second-order valence-electron chi connectivity index (χ2n) is 4.93. The van der Waals surface area contributed by atoms with Gasteiger partial charge in [0.2, 0.25) is 0 Å². The molecule has 0 aromatic rings. The number of hydrogen-bond donors (Lipinski definition) is 1. The van der Waals surface area contributed by atoms with Gasteiger partial charge in [-0.15, -0.1) is 0 Å². The molecule has 0 radical (unpaired) electrons. The van der Waals surface area contributed by atoms with Crippen LogP contribution in [0.3, 0.4) is 0 Å². The molecule has 1 N–H and O–H groups in total. The smallest absolute Gasteiger partial charge is 0.0885 e. The number of rotatable bonds is 6. The highest BCUT2D eigenvalue weighted by atomic mass is 32.2. The number of nitrogens with one attached hydrogen (secondary N) is 1. The van der Waals surface area contributed by atoms with E-state index in [0.717, 1.165) is 19.6 Å². The Morgan fingerprint density at radius 1 is 1.60 bits per heavy atom. The lowest BCUT2D eigenvalue weighted by molar-refractivity contribution is 0.239. The lowest BCUT2D eigenvalue weighted by Gasteiger charge is -2.35. The van der Waals surface area contributed by atoms with Crippen molar-refractivity contribution in [1.82, 2.24) is 5.32 Å².